The maximum Gasteiger partial charge on any atom is 0.217 e. The van der Waals surface area contributed by atoms with Crippen LogP contribution >= 0.6 is 0 Å². The van der Waals surface area contributed by atoms with Crippen molar-refractivity contribution in [3.63, 3.8) is 0 Å². The highest BCUT2D eigenvalue weighted by atomic mass is 16.5. The first kappa shape index (κ1) is 13.3. The molecular weight excluding hydrogens is 228 g/mol. The first-order chi connectivity index (χ1) is 8.79. The summed E-state index contributed by atoms with van der Waals surface area (Å²) in [5.41, 5.74) is 1.08. The van der Waals surface area contributed by atoms with E-state index in [1.165, 1.54) is 6.42 Å². The van der Waals surface area contributed by atoms with Crippen molar-refractivity contribution in [3.05, 3.63) is 23.9 Å². The lowest BCUT2D eigenvalue weighted by molar-refractivity contribution is 0.101. The van der Waals surface area contributed by atoms with E-state index in [0.29, 0.717) is 11.8 Å². The second kappa shape index (κ2) is 6.71. The minimum absolute atomic E-state index is 0.0986. The fourth-order valence-corrected chi connectivity index (χ4v) is 2.60. The smallest absolute Gasteiger partial charge is 0.217 e. The number of nitrogens with zero attached hydrogens (tertiary/aromatic N) is 1. The predicted molar refractivity (Wildman–Crippen MR) is 70.5 cm³/mol. The molecule has 100 valence electrons. The van der Waals surface area contributed by atoms with Gasteiger partial charge < -0.3 is 15.2 Å². The summed E-state index contributed by atoms with van der Waals surface area (Å²) < 4.78 is 5.21. The Labute approximate surface area is 108 Å². The minimum Gasteiger partial charge on any atom is -0.481 e. The zero-order valence-corrected chi connectivity index (χ0v) is 10.9. The van der Waals surface area contributed by atoms with E-state index in [4.69, 9.17) is 4.74 Å². The quantitative estimate of drug-likeness (QED) is 0.835. The van der Waals surface area contributed by atoms with Crippen molar-refractivity contribution in [2.24, 2.45) is 5.92 Å². The van der Waals surface area contributed by atoms with E-state index in [2.05, 4.69) is 10.3 Å². The van der Waals surface area contributed by atoms with Gasteiger partial charge in [0.2, 0.25) is 5.88 Å². The molecule has 1 aromatic rings. The van der Waals surface area contributed by atoms with Crippen LogP contribution in [0.15, 0.2) is 18.3 Å². The summed E-state index contributed by atoms with van der Waals surface area (Å²) in [6, 6.07) is 3.94. The Hall–Kier alpha value is -1.13. The van der Waals surface area contributed by atoms with Crippen LogP contribution in [-0.2, 0) is 6.54 Å². The van der Waals surface area contributed by atoms with E-state index in [1.54, 1.807) is 13.3 Å². The fourth-order valence-electron chi connectivity index (χ4n) is 2.60. The highest BCUT2D eigenvalue weighted by Crippen LogP contribution is 2.23. The zero-order chi connectivity index (χ0) is 12.8. The van der Waals surface area contributed by atoms with Crippen LogP contribution in [0.3, 0.4) is 0 Å². The Bertz CT molecular complexity index is 371. The third-order valence-corrected chi connectivity index (χ3v) is 3.55. The van der Waals surface area contributed by atoms with Gasteiger partial charge in [-0.05, 0) is 37.8 Å². The van der Waals surface area contributed by atoms with Crippen LogP contribution in [0.4, 0.5) is 0 Å². The molecule has 0 saturated heterocycles. The Morgan fingerprint density at radius 1 is 1.50 bits per heavy atom. The van der Waals surface area contributed by atoms with Gasteiger partial charge in [0.05, 0.1) is 13.2 Å². The number of hydrogen-bond donors (Lipinski definition) is 2. The molecule has 18 heavy (non-hydrogen) atoms. The molecular formula is C14H22N2O2. The largest absolute Gasteiger partial charge is 0.481 e. The van der Waals surface area contributed by atoms with Gasteiger partial charge in [0.25, 0.3) is 0 Å². The van der Waals surface area contributed by atoms with Crippen LogP contribution in [0.2, 0.25) is 0 Å². The van der Waals surface area contributed by atoms with E-state index >= 15 is 0 Å². The van der Waals surface area contributed by atoms with Gasteiger partial charge in [0, 0.05) is 18.3 Å². The first-order valence-electron chi connectivity index (χ1n) is 6.66. The lowest BCUT2D eigenvalue weighted by Crippen LogP contribution is -2.29. The Balaban J connectivity index is 1.77. The topological polar surface area (TPSA) is 54.4 Å². The van der Waals surface area contributed by atoms with E-state index in [-0.39, 0.29) is 6.10 Å². The van der Waals surface area contributed by atoms with Gasteiger partial charge in [-0.25, -0.2) is 4.98 Å². The molecule has 0 amide bonds. The van der Waals surface area contributed by atoms with E-state index in [1.807, 2.05) is 12.1 Å². The van der Waals surface area contributed by atoms with Crippen LogP contribution in [-0.4, -0.2) is 29.8 Å². The van der Waals surface area contributed by atoms with Crippen LogP contribution in [0.25, 0.3) is 0 Å². The van der Waals surface area contributed by atoms with Crippen LogP contribution in [0.5, 0.6) is 5.88 Å². The third-order valence-electron chi connectivity index (χ3n) is 3.55. The van der Waals surface area contributed by atoms with Gasteiger partial charge in [-0.2, -0.15) is 0 Å². The molecule has 1 fully saturated rings. The molecule has 2 N–H and O–H groups in total. The van der Waals surface area contributed by atoms with Gasteiger partial charge >= 0.3 is 0 Å². The SMILES string of the molecule is COc1ncccc1CNCC1CCCC(O)C1. The molecule has 1 aliphatic carbocycles. The molecule has 0 aromatic carbocycles. The average Bonchev–Trinajstić information content (AvgIpc) is 2.39. The molecule has 2 unspecified atom stereocenters. The first-order valence-corrected chi connectivity index (χ1v) is 6.66. The van der Waals surface area contributed by atoms with Crippen molar-refractivity contribution in [2.45, 2.75) is 38.3 Å². The second-order valence-corrected chi connectivity index (χ2v) is 4.99. The second-order valence-electron chi connectivity index (χ2n) is 4.99. The Kier molecular flexibility index (Phi) is 4.96. The number of nitrogens with one attached hydrogen (secondary N) is 1. The van der Waals surface area contributed by atoms with Crippen molar-refractivity contribution >= 4 is 0 Å². The molecule has 0 radical (unpaired) electrons. The molecule has 0 spiro atoms. The van der Waals surface area contributed by atoms with Gasteiger partial charge in [-0.3, -0.25) is 0 Å². The zero-order valence-electron chi connectivity index (χ0n) is 10.9. The Morgan fingerprint density at radius 3 is 3.17 bits per heavy atom. The van der Waals surface area contributed by atoms with Crippen molar-refractivity contribution in [1.29, 1.82) is 0 Å². The summed E-state index contributed by atoms with van der Waals surface area (Å²) in [4.78, 5) is 4.17. The fraction of sp³-hybridized carbons (Fsp3) is 0.643. The van der Waals surface area contributed by atoms with Gasteiger partial charge in [-0.15, -0.1) is 0 Å². The normalized spacial score (nSPS) is 23.9. The summed E-state index contributed by atoms with van der Waals surface area (Å²) >= 11 is 0. The maximum absolute atomic E-state index is 9.62. The number of ether oxygens (including phenoxy) is 1. The lowest BCUT2D eigenvalue weighted by Gasteiger charge is -2.26. The van der Waals surface area contributed by atoms with Crippen molar-refractivity contribution < 1.29 is 9.84 Å². The van der Waals surface area contributed by atoms with Crippen LogP contribution in [0.1, 0.15) is 31.2 Å². The van der Waals surface area contributed by atoms with Crippen LogP contribution < -0.4 is 10.1 Å². The summed E-state index contributed by atoms with van der Waals surface area (Å²) in [5, 5.41) is 13.1. The highest BCUT2D eigenvalue weighted by Gasteiger charge is 2.19. The molecule has 4 nitrogen and oxygen atoms in total. The van der Waals surface area contributed by atoms with Gasteiger partial charge in [0.15, 0.2) is 0 Å². The number of aliphatic hydroxyl groups excluding tert-OH is 1. The Morgan fingerprint density at radius 2 is 2.39 bits per heavy atom. The molecule has 2 atom stereocenters. The van der Waals surface area contributed by atoms with E-state index < -0.39 is 0 Å². The summed E-state index contributed by atoms with van der Waals surface area (Å²) in [7, 11) is 1.64. The monoisotopic (exact) mass is 250 g/mol. The molecule has 1 aromatic heterocycles. The number of methoxy groups -OCH3 is 1. The lowest BCUT2D eigenvalue weighted by atomic mass is 9.87. The standard InChI is InChI=1S/C14H22N2O2/c1-18-14-12(5-3-7-16-14)10-15-9-11-4-2-6-13(17)8-11/h3,5,7,11,13,15,17H,2,4,6,8-10H2,1H3. The summed E-state index contributed by atoms with van der Waals surface area (Å²) in [5.74, 6) is 1.28. The van der Waals surface area contributed by atoms with Gasteiger partial charge in [-0.1, -0.05) is 12.5 Å². The number of aromatic nitrogens is 1. The minimum atomic E-state index is -0.0986. The maximum atomic E-state index is 9.62. The van der Waals surface area contributed by atoms with Crippen molar-refractivity contribution in [1.82, 2.24) is 10.3 Å². The molecule has 2 rings (SSSR count). The average molecular weight is 250 g/mol. The molecule has 1 saturated carbocycles. The van der Waals surface area contributed by atoms with Crippen molar-refractivity contribution in [2.75, 3.05) is 13.7 Å². The van der Waals surface area contributed by atoms with E-state index in [9.17, 15) is 5.11 Å². The number of aliphatic hydroxyl groups is 1. The molecule has 0 aliphatic heterocycles. The summed E-state index contributed by atoms with van der Waals surface area (Å²) in [6.07, 6.45) is 5.89. The van der Waals surface area contributed by atoms with Gasteiger partial charge in [0.1, 0.15) is 0 Å². The number of pyridine rings is 1. The summed E-state index contributed by atoms with van der Waals surface area (Å²) in [6.45, 7) is 1.72. The number of rotatable bonds is 5. The van der Waals surface area contributed by atoms with Crippen LogP contribution in [0, 0.1) is 5.92 Å². The highest BCUT2D eigenvalue weighted by molar-refractivity contribution is 5.24. The molecule has 0 bridgehead atoms. The molecule has 4 heteroatoms. The molecule has 1 aliphatic rings. The third kappa shape index (κ3) is 3.68. The molecule has 1 heterocycles. The van der Waals surface area contributed by atoms with Crippen molar-refractivity contribution in [3.8, 4) is 5.88 Å². The van der Waals surface area contributed by atoms with E-state index in [0.717, 1.165) is 37.9 Å². The number of hydrogen-bond acceptors (Lipinski definition) is 4. The predicted octanol–water partition coefficient (Wildman–Crippen LogP) is 1.73.